The van der Waals surface area contributed by atoms with Gasteiger partial charge in [0.2, 0.25) is 5.91 Å². The molecule has 1 aromatic carbocycles. The van der Waals surface area contributed by atoms with Crippen LogP contribution in [-0.4, -0.2) is 29.4 Å². The molecule has 0 radical (unpaired) electrons. The van der Waals surface area contributed by atoms with E-state index < -0.39 is 11.7 Å². The van der Waals surface area contributed by atoms with E-state index in [0.717, 1.165) is 19.3 Å². The second-order valence-electron chi connectivity index (χ2n) is 8.32. The molecule has 0 unspecified atom stereocenters. The molecule has 158 valence electrons. The SMILES string of the molecule is CC(C)C(=O)N[C@@H](C)CC1CCC2(CC1)OC(=O)NN=C2c1ccc(F)cc1Br. The van der Waals surface area contributed by atoms with Crippen LogP contribution >= 0.6 is 15.9 Å². The van der Waals surface area contributed by atoms with Gasteiger partial charge in [0.05, 0.1) is 0 Å². The van der Waals surface area contributed by atoms with Crippen LogP contribution in [0.4, 0.5) is 9.18 Å². The van der Waals surface area contributed by atoms with Crippen LogP contribution in [0.25, 0.3) is 0 Å². The summed E-state index contributed by atoms with van der Waals surface area (Å²) >= 11 is 3.40. The standard InChI is InChI=1S/C21H27BrFN3O3/c1-12(2)19(27)24-13(3)10-14-6-8-21(9-7-14)18(25-26-20(28)29-21)16-5-4-15(23)11-17(16)22/h4-5,11-14H,6-10H2,1-3H3,(H,24,27)(H,26,28)/t13-,14?,21?/m0/s1. The zero-order chi connectivity index (χ0) is 21.2. The highest BCUT2D eigenvalue weighted by Gasteiger charge is 2.46. The third-order valence-corrected chi connectivity index (χ3v) is 6.33. The number of ether oxygens (including phenoxy) is 1. The van der Waals surface area contributed by atoms with Crippen molar-refractivity contribution in [1.82, 2.24) is 10.7 Å². The van der Waals surface area contributed by atoms with Crippen molar-refractivity contribution >= 4 is 33.6 Å². The minimum atomic E-state index is -0.816. The Kier molecular flexibility index (Phi) is 6.61. The van der Waals surface area contributed by atoms with Gasteiger partial charge in [0.15, 0.2) is 5.60 Å². The van der Waals surface area contributed by atoms with Crippen molar-refractivity contribution in [2.24, 2.45) is 16.9 Å². The van der Waals surface area contributed by atoms with Crippen molar-refractivity contribution in [1.29, 1.82) is 0 Å². The zero-order valence-corrected chi connectivity index (χ0v) is 18.5. The molecule has 1 spiro atoms. The van der Waals surface area contributed by atoms with Gasteiger partial charge in [0.25, 0.3) is 0 Å². The van der Waals surface area contributed by atoms with Crippen LogP contribution in [0, 0.1) is 17.7 Å². The van der Waals surface area contributed by atoms with E-state index in [0.29, 0.717) is 34.5 Å². The largest absolute Gasteiger partial charge is 0.435 e. The molecule has 1 aromatic rings. The average molecular weight is 468 g/mol. The van der Waals surface area contributed by atoms with Crippen LogP contribution in [0.5, 0.6) is 0 Å². The molecular formula is C21H27BrFN3O3. The number of carbonyl (C=O) groups excluding carboxylic acids is 2. The number of nitrogens with one attached hydrogen (secondary N) is 2. The van der Waals surface area contributed by atoms with Crippen LogP contribution in [0.2, 0.25) is 0 Å². The van der Waals surface area contributed by atoms with E-state index in [-0.39, 0.29) is 23.7 Å². The second-order valence-corrected chi connectivity index (χ2v) is 9.18. The molecule has 6 nitrogen and oxygen atoms in total. The van der Waals surface area contributed by atoms with E-state index in [2.05, 4.69) is 31.8 Å². The number of nitrogens with zero attached hydrogens (tertiary/aromatic N) is 1. The molecule has 0 aromatic heterocycles. The van der Waals surface area contributed by atoms with Crippen LogP contribution in [-0.2, 0) is 9.53 Å². The summed E-state index contributed by atoms with van der Waals surface area (Å²) < 4.78 is 19.8. The van der Waals surface area contributed by atoms with E-state index in [1.165, 1.54) is 12.1 Å². The predicted octanol–water partition coefficient (Wildman–Crippen LogP) is 4.51. The van der Waals surface area contributed by atoms with Gasteiger partial charge in [0, 0.05) is 22.0 Å². The predicted molar refractivity (Wildman–Crippen MR) is 112 cm³/mol. The van der Waals surface area contributed by atoms with Crippen LogP contribution in [0.15, 0.2) is 27.8 Å². The Balaban J connectivity index is 1.71. The highest BCUT2D eigenvalue weighted by atomic mass is 79.9. The van der Waals surface area contributed by atoms with E-state index in [1.54, 1.807) is 6.07 Å². The number of hydrogen-bond donors (Lipinski definition) is 2. The topological polar surface area (TPSA) is 79.8 Å². The highest BCUT2D eigenvalue weighted by molar-refractivity contribution is 9.10. The Bertz CT molecular complexity index is 819. The molecule has 2 N–H and O–H groups in total. The van der Waals surface area contributed by atoms with Crippen molar-refractivity contribution in [3.63, 3.8) is 0 Å². The fourth-order valence-electron chi connectivity index (χ4n) is 4.13. The number of benzene rings is 1. The Labute approximate surface area is 178 Å². The Morgan fingerprint density at radius 1 is 1.38 bits per heavy atom. The molecule has 29 heavy (non-hydrogen) atoms. The summed E-state index contributed by atoms with van der Waals surface area (Å²) in [4.78, 5) is 23.8. The summed E-state index contributed by atoms with van der Waals surface area (Å²) in [6.45, 7) is 5.79. The Morgan fingerprint density at radius 2 is 2.07 bits per heavy atom. The van der Waals surface area contributed by atoms with Crippen molar-refractivity contribution in [2.75, 3.05) is 0 Å². The average Bonchev–Trinajstić information content (AvgIpc) is 2.64. The summed E-state index contributed by atoms with van der Waals surface area (Å²) in [6.07, 6.45) is 3.30. The first kappa shape index (κ1) is 21.7. The molecule has 1 saturated carbocycles. The number of hydrazone groups is 1. The summed E-state index contributed by atoms with van der Waals surface area (Å²) in [5.41, 5.74) is 2.89. The van der Waals surface area contributed by atoms with Crippen molar-refractivity contribution < 1.29 is 18.7 Å². The zero-order valence-electron chi connectivity index (χ0n) is 16.9. The molecule has 1 aliphatic heterocycles. The van der Waals surface area contributed by atoms with Crippen molar-refractivity contribution in [3.8, 4) is 0 Å². The van der Waals surface area contributed by atoms with Gasteiger partial charge in [-0.25, -0.2) is 14.6 Å². The summed E-state index contributed by atoms with van der Waals surface area (Å²) in [6, 6.07) is 4.50. The number of carbonyl (C=O) groups is 2. The number of amides is 2. The van der Waals surface area contributed by atoms with Crippen molar-refractivity contribution in [3.05, 3.63) is 34.1 Å². The monoisotopic (exact) mass is 467 g/mol. The molecule has 1 aliphatic carbocycles. The first-order chi connectivity index (χ1) is 13.7. The van der Waals surface area contributed by atoms with E-state index in [9.17, 15) is 14.0 Å². The molecule has 3 rings (SSSR count). The fraction of sp³-hybridized carbons (Fsp3) is 0.571. The van der Waals surface area contributed by atoms with E-state index in [4.69, 9.17) is 4.74 Å². The highest BCUT2D eigenvalue weighted by Crippen LogP contribution is 2.41. The quantitative estimate of drug-likeness (QED) is 0.668. The van der Waals surface area contributed by atoms with Crippen LogP contribution in [0.1, 0.15) is 58.4 Å². The van der Waals surface area contributed by atoms with Gasteiger partial charge >= 0.3 is 6.09 Å². The molecule has 2 aliphatic rings. The molecule has 1 atom stereocenters. The molecule has 1 heterocycles. The number of halogens is 2. The lowest BCUT2D eigenvalue weighted by molar-refractivity contribution is -0.124. The number of hydrogen-bond acceptors (Lipinski definition) is 4. The maximum Gasteiger partial charge on any atom is 0.428 e. The molecular weight excluding hydrogens is 441 g/mol. The minimum absolute atomic E-state index is 0.0332. The lowest BCUT2D eigenvalue weighted by atomic mass is 9.73. The van der Waals surface area contributed by atoms with Crippen LogP contribution in [0.3, 0.4) is 0 Å². The van der Waals surface area contributed by atoms with Crippen LogP contribution < -0.4 is 10.7 Å². The van der Waals surface area contributed by atoms with Crippen molar-refractivity contribution in [2.45, 2.75) is 64.5 Å². The lowest BCUT2D eigenvalue weighted by Crippen LogP contribution is -2.52. The first-order valence-electron chi connectivity index (χ1n) is 10.0. The third-order valence-electron chi connectivity index (χ3n) is 5.68. The summed E-state index contributed by atoms with van der Waals surface area (Å²) in [7, 11) is 0. The van der Waals surface area contributed by atoms with Gasteiger partial charge in [-0.2, -0.15) is 5.10 Å². The molecule has 8 heteroatoms. The van der Waals surface area contributed by atoms with Gasteiger partial charge in [-0.1, -0.05) is 29.8 Å². The molecule has 0 bridgehead atoms. The van der Waals surface area contributed by atoms with Gasteiger partial charge in [-0.3, -0.25) is 4.79 Å². The van der Waals surface area contributed by atoms with Gasteiger partial charge < -0.3 is 10.1 Å². The molecule has 0 saturated heterocycles. The third kappa shape index (κ3) is 4.97. The Hall–Kier alpha value is -1.96. The Morgan fingerprint density at radius 3 is 2.69 bits per heavy atom. The summed E-state index contributed by atoms with van der Waals surface area (Å²) in [5.74, 6) is 0.105. The second kappa shape index (κ2) is 8.81. The lowest BCUT2D eigenvalue weighted by Gasteiger charge is -2.42. The molecule has 1 fully saturated rings. The first-order valence-corrected chi connectivity index (χ1v) is 10.8. The summed E-state index contributed by atoms with van der Waals surface area (Å²) in [5, 5.41) is 7.33. The molecule has 2 amide bonds. The van der Waals surface area contributed by atoms with Gasteiger partial charge in [0.1, 0.15) is 11.5 Å². The number of rotatable bonds is 5. The maximum atomic E-state index is 13.5. The minimum Gasteiger partial charge on any atom is -0.435 e. The van der Waals surface area contributed by atoms with E-state index >= 15 is 0 Å². The van der Waals surface area contributed by atoms with E-state index in [1.807, 2.05) is 20.8 Å². The smallest absolute Gasteiger partial charge is 0.428 e. The maximum absolute atomic E-state index is 13.5. The van der Waals surface area contributed by atoms with Gasteiger partial charge in [-0.05, 0) is 63.1 Å². The fourth-order valence-corrected chi connectivity index (χ4v) is 4.66. The normalized spacial score (nSPS) is 25.2. The van der Waals surface area contributed by atoms with Gasteiger partial charge in [-0.15, -0.1) is 0 Å².